The van der Waals surface area contributed by atoms with Crippen molar-refractivity contribution < 1.29 is 4.21 Å². The van der Waals surface area contributed by atoms with E-state index in [-0.39, 0.29) is 11.3 Å². The van der Waals surface area contributed by atoms with E-state index in [1.54, 1.807) is 12.1 Å². The summed E-state index contributed by atoms with van der Waals surface area (Å²) in [7, 11) is -1.02. The molecule has 0 heterocycles. The van der Waals surface area contributed by atoms with Gasteiger partial charge in [0.25, 0.3) is 0 Å². The molecule has 3 atom stereocenters. The first-order chi connectivity index (χ1) is 7.00. The molecule has 15 heavy (non-hydrogen) atoms. The van der Waals surface area contributed by atoms with Gasteiger partial charge in [0.1, 0.15) is 0 Å². The first kappa shape index (κ1) is 12.7. The Bertz CT molecular complexity index is 354. The molecule has 0 spiro atoms. The zero-order chi connectivity index (χ0) is 11.4. The molecule has 84 valence electrons. The van der Waals surface area contributed by atoms with Crippen LogP contribution in [-0.2, 0) is 10.8 Å². The van der Waals surface area contributed by atoms with Gasteiger partial charge in [-0.05, 0) is 31.5 Å². The van der Waals surface area contributed by atoms with Gasteiger partial charge in [-0.3, -0.25) is 4.21 Å². The van der Waals surface area contributed by atoms with Crippen LogP contribution in [0.3, 0.4) is 0 Å². The Morgan fingerprint density at radius 3 is 2.67 bits per heavy atom. The average Bonchev–Trinajstić information content (AvgIpc) is 2.15. The van der Waals surface area contributed by atoms with E-state index in [0.29, 0.717) is 5.02 Å². The molecule has 0 saturated carbocycles. The van der Waals surface area contributed by atoms with E-state index in [9.17, 15) is 4.21 Å². The Morgan fingerprint density at radius 1 is 1.47 bits per heavy atom. The van der Waals surface area contributed by atoms with E-state index in [4.69, 9.17) is 17.3 Å². The zero-order valence-corrected chi connectivity index (χ0v) is 10.5. The van der Waals surface area contributed by atoms with Gasteiger partial charge in [0.15, 0.2) is 0 Å². The standard InChI is InChI=1S/C11H16ClNOS/c1-8(13)6-9(2)15(14)11-5-3-4-10(12)7-11/h3-5,7-9H,6,13H2,1-2H3. The minimum Gasteiger partial charge on any atom is -0.328 e. The lowest BCUT2D eigenvalue weighted by Gasteiger charge is -2.13. The van der Waals surface area contributed by atoms with Crippen molar-refractivity contribution in [1.82, 2.24) is 0 Å². The smallest absolute Gasteiger partial charge is 0.0559 e. The van der Waals surface area contributed by atoms with Crippen molar-refractivity contribution >= 4 is 22.4 Å². The second-order valence-electron chi connectivity index (χ2n) is 3.78. The number of halogens is 1. The lowest BCUT2D eigenvalue weighted by Crippen LogP contribution is -2.23. The third-order valence-electron chi connectivity index (χ3n) is 2.10. The molecule has 2 N–H and O–H groups in total. The molecule has 4 heteroatoms. The summed E-state index contributed by atoms with van der Waals surface area (Å²) in [5.74, 6) is 0. The van der Waals surface area contributed by atoms with E-state index in [1.807, 2.05) is 26.0 Å². The van der Waals surface area contributed by atoms with Gasteiger partial charge in [0.2, 0.25) is 0 Å². The Kier molecular flexibility index (Phi) is 4.77. The summed E-state index contributed by atoms with van der Waals surface area (Å²) in [5.41, 5.74) is 5.68. The van der Waals surface area contributed by atoms with E-state index in [1.165, 1.54) is 0 Å². The summed E-state index contributed by atoms with van der Waals surface area (Å²) in [6.07, 6.45) is 0.749. The van der Waals surface area contributed by atoms with Crippen LogP contribution in [0.2, 0.25) is 5.02 Å². The maximum atomic E-state index is 12.0. The molecule has 1 aromatic carbocycles. The minimum absolute atomic E-state index is 0.0588. The predicted octanol–water partition coefficient (Wildman–Crippen LogP) is 2.57. The fourth-order valence-electron chi connectivity index (χ4n) is 1.44. The first-order valence-electron chi connectivity index (χ1n) is 4.92. The van der Waals surface area contributed by atoms with Gasteiger partial charge in [-0.25, -0.2) is 0 Å². The van der Waals surface area contributed by atoms with Crippen molar-refractivity contribution in [3.05, 3.63) is 29.3 Å². The fourth-order valence-corrected chi connectivity index (χ4v) is 3.09. The number of benzene rings is 1. The van der Waals surface area contributed by atoms with Crippen molar-refractivity contribution in [2.24, 2.45) is 5.73 Å². The highest BCUT2D eigenvalue weighted by molar-refractivity contribution is 7.85. The summed E-state index contributed by atoms with van der Waals surface area (Å²) in [6.45, 7) is 3.87. The van der Waals surface area contributed by atoms with E-state index >= 15 is 0 Å². The van der Waals surface area contributed by atoms with Crippen molar-refractivity contribution in [2.75, 3.05) is 0 Å². The lowest BCUT2D eigenvalue weighted by atomic mass is 10.2. The summed E-state index contributed by atoms with van der Waals surface area (Å²) in [6, 6.07) is 7.24. The molecule has 0 bridgehead atoms. The highest BCUT2D eigenvalue weighted by Gasteiger charge is 2.14. The Labute approximate surface area is 98.3 Å². The summed E-state index contributed by atoms with van der Waals surface area (Å²) in [4.78, 5) is 0.774. The van der Waals surface area contributed by atoms with Crippen LogP contribution in [0.1, 0.15) is 20.3 Å². The number of rotatable bonds is 4. The van der Waals surface area contributed by atoms with Crippen LogP contribution >= 0.6 is 11.6 Å². The molecular formula is C11H16ClNOS. The SMILES string of the molecule is CC(N)CC(C)S(=O)c1cccc(Cl)c1. The first-order valence-corrected chi connectivity index (χ1v) is 6.51. The maximum absolute atomic E-state index is 12.0. The fraction of sp³-hybridized carbons (Fsp3) is 0.455. The van der Waals surface area contributed by atoms with Gasteiger partial charge in [0.05, 0.1) is 10.8 Å². The molecule has 0 aliphatic rings. The zero-order valence-electron chi connectivity index (χ0n) is 8.94. The van der Waals surface area contributed by atoms with Crippen molar-refractivity contribution in [3.63, 3.8) is 0 Å². The normalized spacial score (nSPS) is 17.1. The van der Waals surface area contributed by atoms with Crippen LogP contribution < -0.4 is 5.73 Å². The molecule has 1 aromatic rings. The molecular weight excluding hydrogens is 230 g/mol. The van der Waals surface area contributed by atoms with Crippen molar-refractivity contribution in [2.45, 2.75) is 36.5 Å². The van der Waals surface area contributed by atoms with Crippen molar-refractivity contribution in [3.8, 4) is 0 Å². The number of hydrogen-bond donors (Lipinski definition) is 1. The third-order valence-corrected chi connectivity index (χ3v) is 3.97. The largest absolute Gasteiger partial charge is 0.328 e. The lowest BCUT2D eigenvalue weighted by molar-refractivity contribution is 0.628. The molecule has 0 saturated heterocycles. The third kappa shape index (κ3) is 3.93. The molecule has 0 aliphatic heterocycles. The topological polar surface area (TPSA) is 43.1 Å². The van der Waals surface area contributed by atoms with Gasteiger partial charge < -0.3 is 5.73 Å². The quantitative estimate of drug-likeness (QED) is 0.886. The number of nitrogens with two attached hydrogens (primary N) is 1. The van der Waals surface area contributed by atoms with Crippen LogP contribution in [0.5, 0.6) is 0 Å². The van der Waals surface area contributed by atoms with E-state index < -0.39 is 10.8 Å². The van der Waals surface area contributed by atoms with Crippen LogP contribution in [0.15, 0.2) is 29.2 Å². The summed E-state index contributed by atoms with van der Waals surface area (Å²) >= 11 is 5.84. The van der Waals surface area contributed by atoms with Crippen LogP contribution in [0.25, 0.3) is 0 Å². The Balaban J connectivity index is 2.76. The van der Waals surface area contributed by atoms with Crippen LogP contribution in [0.4, 0.5) is 0 Å². The van der Waals surface area contributed by atoms with Gasteiger partial charge in [-0.2, -0.15) is 0 Å². The van der Waals surface area contributed by atoms with Crippen LogP contribution in [-0.4, -0.2) is 15.5 Å². The second-order valence-corrected chi connectivity index (χ2v) is 6.09. The molecule has 3 unspecified atom stereocenters. The predicted molar refractivity (Wildman–Crippen MR) is 65.6 cm³/mol. The Hall–Kier alpha value is -0.380. The monoisotopic (exact) mass is 245 g/mol. The van der Waals surface area contributed by atoms with Crippen LogP contribution in [0, 0.1) is 0 Å². The van der Waals surface area contributed by atoms with Gasteiger partial charge >= 0.3 is 0 Å². The van der Waals surface area contributed by atoms with Gasteiger partial charge in [0, 0.05) is 21.2 Å². The Morgan fingerprint density at radius 2 is 2.13 bits per heavy atom. The molecule has 0 radical (unpaired) electrons. The molecule has 0 aliphatic carbocycles. The second kappa shape index (κ2) is 5.64. The highest BCUT2D eigenvalue weighted by Crippen LogP contribution is 2.18. The average molecular weight is 246 g/mol. The summed E-state index contributed by atoms with van der Waals surface area (Å²) < 4.78 is 12.0. The number of hydrogen-bond acceptors (Lipinski definition) is 2. The molecule has 0 fully saturated rings. The summed E-state index contributed by atoms with van der Waals surface area (Å²) in [5, 5.41) is 0.678. The molecule has 2 nitrogen and oxygen atoms in total. The molecule has 0 amide bonds. The van der Waals surface area contributed by atoms with Gasteiger partial charge in [-0.1, -0.05) is 24.6 Å². The minimum atomic E-state index is -1.02. The maximum Gasteiger partial charge on any atom is 0.0559 e. The van der Waals surface area contributed by atoms with E-state index in [0.717, 1.165) is 11.3 Å². The van der Waals surface area contributed by atoms with Gasteiger partial charge in [-0.15, -0.1) is 0 Å². The van der Waals surface area contributed by atoms with E-state index in [2.05, 4.69) is 0 Å². The highest BCUT2D eigenvalue weighted by atomic mass is 35.5. The molecule has 1 rings (SSSR count). The molecule has 0 aromatic heterocycles. The van der Waals surface area contributed by atoms with Crippen molar-refractivity contribution in [1.29, 1.82) is 0 Å².